The average molecular weight is 243 g/mol. The van der Waals surface area contributed by atoms with E-state index in [4.69, 9.17) is 0 Å². The van der Waals surface area contributed by atoms with E-state index in [0.29, 0.717) is 0 Å². The monoisotopic (exact) mass is 243 g/mol. The van der Waals surface area contributed by atoms with Gasteiger partial charge in [-0.1, -0.05) is 52.4 Å². The Morgan fingerprint density at radius 1 is 0.647 bits per heavy atom. The van der Waals surface area contributed by atoms with Crippen LogP contribution in [-0.2, 0) is 0 Å². The van der Waals surface area contributed by atoms with Crippen molar-refractivity contribution in [3.05, 3.63) is 6.92 Å². The minimum atomic E-state index is 1.11. The van der Waals surface area contributed by atoms with Crippen LogP contribution in [0.3, 0.4) is 0 Å². The highest BCUT2D eigenvalue weighted by Gasteiger charge is 2.16. The standard InChI is InChI=1S/C8H20N.C8H17/c1-5-9(6-2,7-3)8-4;1-3-5-7-8-6-4-2/h5-8H2,1-4H3;1,3-8H2,2H3/q+1;. The van der Waals surface area contributed by atoms with Gasteiger partial charge in [-0.25, -0.2) is 0 Å². The highest BCUT2D eigenvalue weighted by Crippen LogP contribution is 2.03. The molecule has 0 amide bonds. The lowest BCUT2D eigenvalue weighted by atomic mass is 10.1. The molecule has 0 bridgehead atoms. The van der Waals surface area contributed by atoms with Gasteiger partial charge in [0, 0.05) is 0 Å². The number of rotatable bonds is 9. The third kappa shape index (κ3) is 10.8. The van der Waals surface area contributed by atoms with Gasteiger partial charge in [0.25, 0.3) is 0 Å². The van der Waals surface area contributed by atoms with Gasteiger partial charge in [0.2, 0.25) is 0 Å². The maximum atomic E-state index is 3.78. The molecule has 0 aromatic carbocycles. The van der Waals surface area contributed by atoms with Gasteiger partial charge >= 0.3 is 0 Å². The quantitative estimate of drug-likeness (QED) is 0.392. The van der Waals surface area contributed by atoms with Gasteiger partial charge in [0.1, 0.15) is 0 Å². The molecule has 0 aliphatic carbocycles. The number of hydrogen-bond donors (Lipinski definition) is 0. The zero-order valence-electron chi connectivity index (χ0n) is 13.2. The lowest BCUT2D eigenvalue weighted by molar-refractivity contribution is -0.921. The van der Waals surface area contributed by atoms with Crippen molar-refractivity contribution >= 4 is 0 Å². The molecule has 0 aromatic rings. The third-order valence-electron chi connectivity index (χ3n) is 4.04. The summed E-state index contributed by atoms with van der Waals surface area (Å²) in [6.45, 7) is 20.2. The van der Waals surface area contributed by atoms with Crippen LogP contribution in [0.15, 0.2) is 0 Å². The lowest BCUT2D eigenvalue weighted by Gasteiger charge is -2.34. The molecule has 0 N–H and O–H groups in total. The largest absolute Gasteiger partial charge is 0.325 e. The highest BCUT2D eigenvalue weighted by molar-refractivity contribution is 4.43. The first-order valence-corrected chi connectivity index (χ1v) is 7.80. The van der Waals surface area contributed by atoms with Crippen LogP contribution in [0, 0.1) is 6.92 Å². The smallest absolute Gasteiger partial charge is 0.0757 e. The molecule has 0 heterocycles. The summed E-state index contributed by atoms with van der Waals surface area (Å²) >= 11 is 0. The molecule has 105 valence electrons. The minimum Gasteiger partial charge on any atom is -0.325 e. The molecular formula is C16H37N+. The van der Waals surface area contributed by atoms with E-state index in [-0.39, 0.29) is 0 Å². The Morgan fingerprint density at radius 3 is 1.29 bits per heavy atom. The van der Waals surface area contributed by atoms with Gasteiger partial charge in [-0.3, -0.25) is 0 Å². The maximum absolute atomic E-state index is 3.78. The Morgan fingerprint density at radius 2 is 1.06 bits per heavy atom. The van der Waals surface area contributed by atoms with E-state index >= 15 is 0 Å². The topological polar surface area (TPSA) is 0 Å². The molecule has 1 radical (unpaired) electrons. The predicted molar refractivity (Wildman–Crippen MR) is 81.2 cm³/mol. The molecule has 0 unspecified atom stereocenters. The van der Waals surface area contributed by atoms with E-state index in [1.54, 1.807) is 0 Å². The first-order chi connectivity index (χ1) is 8.16. The second-order valence-electron chi connectivity index (χ2n) is 4.87. The Kier molecular flexibility index (Phi) is 15.9. The fraction of sp³-hybridized carbons (Fsp3) is 0.938. The van der Waals surface area contributed by atoms with Gasteiger partial charge in [-0.15, -0.1) is 0 Å². The van der Waals surface area contributed by atoms with Gasteiger partial charge in [0.05, 0.1) is 26.2 Å². The van der Waals surface area contributed by atoms with Crippen molar-refractivity contribution in [2.45, 2.75) is 73.1 Å². The SMILES string of the molecule is CC[N+](CC)(CC)CC.[CH2]CCCCCCC. The summed E-state index contributed by atoms with van der Waals surface area (Å²) in [4.78, 5) is 0. The Labute approximate surface area is 111 Å². The second kappa shape index (κ2) is 14.0. The van der Waals surface area contributed by atoms with Gasteiger partial charge in [-0.05, 0) is 27.7 Å². The van der Waals surface area contributed by atoms with E-state index in [9.17, 15) is 0 Å². The second-order valence-corrected chi connectivity index (χ2v) is 4.87. The summed E-state index contributed by atoms with van der Waals surface area (Å²) in [6, 6.07) is 0. The minimum absolute atomic E-state index is 1.11. The fourth-order valence-electron chi connectivity index (χ4n) is 2.12. The van der Waals surface area contributed by atoms with Crippen LogP contribution in [0.2, 0.25) is 0 Å². The molecule has 0 saturated heterocycles. The summed E-state index contributed by atoms with van der Waals surface area (Å²) in [5.74, 6) is 0. The molecular weight excluding hydrogens is 206 g/mol. The van der Waals surface area contributed by atoms with E-state index in [0.717, 1.165) is 6.42 Å². The molecule has 1 heteroatoms. The van der Waals surface area contributed by atoms with Crippen molar-refractivity contribution in [3.8, 4) is 0 Å². The van der Waals surface area contributed by atoms with E-state index in [2.05, 4.69) is 41.5 Å². The Bertz CT molecular complexity index is 104. The fourth-order valence-corrected chi connectivity index (χ4v) is 2.12. The number of nitrogens with zero attached hydrogens (tertiary/aromatic N) is 1. The molecule has 0 aliphatic heterocycles. The number of hydrogen-bond acceptors (Lipinski definition) is 0. The first kappa shape index (κ1) is 19.3. The molecule has 0 spiro atoms. The van der Waals surface area contributed by atoms with Crippen molar-refractivity contribution in [1.29, 1.82) is 0 Å². The summed E-state index contributed by atoms with van der Waals surface area (Å²) < 4.78 is 1.28. The van der Waals surface area contributed by atoms with Crippen molar-refractivity contribution in [3.63, 3.8) is 0 Å². The Hall–Kier alpha value is -0.0400. The molecule has 0 aliphatic rings. The van der Waals surface area contributed by atoms with E-state index < -0.39 is 0 Å². The van der Waals surface area contributed by atoms with Gasteiger partial charge in [-0.2, -0.15) is 0 Å². The molecule has 0 aromatic heterocycles. The zero-order chi connectivity index (χ0) is 13.6. The van der Waals surface area contributed by atoms with Crippen LogP contribution in [0.4, 0.5) is 0 Å². The molecule has 17 heavy (non-hydrogen) atoms. The average Bonchev–Trinajstić information content (AvgIpc) is 2.39. The van der Waals surface area contributed by atoms with Crippen LogP contribution >= 0.6 is 0 Å². The van der Waals surface area contributed by atoms with E-state index in [1.165, 1.54) is 62.8 Å². The summed E-state index contributed by atoms with van der Waals surface area (Å²) in [5, 5.41) is 0. The predicted octanol–water partition coefficient (Wildman–Crippen LogP) is 5.06. The van der Waals surface area contributed by atoms with Crippen LogP contribution < -0.4 is 0 Å². The first-order valence-electron chi connectivity index (χ1n) is 7.80. The molecule has 0 rings (SSSR count). The van der Waals surface area contributed by atoms with Crippen LogP contribution in [0.1, 0.15) is 73.1 Å². The zero-order valence-corrected chi connectivity index (χ0v) is 13.2. The third-order valence-corrected chi connectivity index (χ3v) is 4.04. The van der Waals surface area contributed by atoms with Crippen molar-refractivity contribution in [2.75, 3.05) is 26.2 Å². The van der Waals surface area contributed by atoms with Crippen molar-refractivity contribution < 1.29 is 4.48 Å². The molecule has 0 fully saturated rings. The van der Waals surface area contributed by atoms with Crippen molar-refractivity contribution in [2.24, 2.45) is 0 Å². The normalized spacial score (nSPS) is 10.9. The van der Waals surface area contributed by atoms with Crippen LogP contribution in [-0.4, -0.2) is 30.7 Å². The maximum Gasteiger partial charge on any atom is 0.0757 e. The van der Waals surface area contributed by atoms with E-state index in [1.807, 2.05) is 0 Å². The lowest BCUT2D eigenvalue weighted by Crippen LogP contribution is -2.47. The number of quaternary nitrogens is 1. The summed E-state index contributed by atoms with van der Waals surface area (Å²) in [7, 11) is 0. The van der Waals surface area contributed by atoms with Crippen LogP contribution in [0.5, 0.6) is 0 Å². The van der Waals surface area contributed by atoms with Crippen molar-refractivity contribution in [1.82, 2.24) is 0 Å². The molecule has 1 nitrogen and oxygen atoms in total. The summed E-state index contributed by atoms with van der Waals surface area (Å²) in [6.07, 6.45) is 7.98. The van der Waals surface area contributed by atoms with Gasteiger partial charge in [0.15, 0.2) is 0 Å². The molecule has 0 atom stereocenters. The van der Waals surface area contributed by atoms with Crippen LogP contribution in [0.25, 0.3) is 0 Å². The molecule has 0 saturated carbocycles. The Balaban J connectivity index is 0. The highest BCUT2D eigenvalue weighted by atomic mass is 15.3. The number of unbranched alkanes of at least 4 members (excludes halogenated alkanes) is 5. The van der Waals surface area contributed by atoms with Gasteiger partial charge < -0.3 is 4.48 Å². The summed E-state index contributed by atoms with van der Waals surface area (Å²) in [5.41, 5.74) is 0.